The molecular weight excluding hydrogens is 324 g/mol. The summed E-state index contributed by atoms with van der Waals surface area (Å²) in [5, 5.41) is 4.20. The molecule has 26 heavy (non-hydrogen) atoms. The standard InChI is InChI=1S/C22H26N2O2/c1-15-20(18-10-5-6-11-19(18)24-15)22(2,3)21(25)23-13-12-16-8-7-9-17(14-16)26-4/h5-11,14,24H,12-13H2,1-4H3,(H,23,25). The molecule has 0 spiro atoms. The second-order valence-electron chi connectivity index (χ2n) is 7.15. The van der Waals surface area contributed by atoms with Crippen LogP contribution >= 0.6 is 0 Å². The third-order valence-electron chi connectivity index (χ3n) is 4.92. The van der Waals surface area contributed by atoms with E-state index in [0.717, 1.165) is 39.9 Å². The molecule has 2 N–H and O–H groups in total. The Labute approximate surface area is 154 Å². The molecule has 136 valence electrons. The number of rotatable bonds is 6. The average molecular weight is 350 g/mol. The number of carbonyl (C=O) groups excluding carboxylic acids is 1. The maximum Gasteiger partial charge on any atom is 0.230 e. The highest BCUT2D eigenvalue weighted by atomic mass is 16.5. The van der Waals surface area contributed by atoms with Crippen LogP contribution in [0.25, 0.3) is 10.9 Å². The summed E-state index contributed by atoms with van der Waals surface area (Å²) >= 11 is 0. The first-order valence-corrected chi connectivity index (χ1v) is 8.92. The Morgan fingerprint density at radius 2 is 1.92 bits per heavy atom. The number of aromatic amines is 1. The van der Waals surface area contributed by atoms with E-state index in [1.54, 1.807) is 7.11 Å². The number of H-pyrrole nitrogens is 1. The van der Waals surface area contributed by atoms with Crippen molar-refractivity contribution in [1.29, 1.82) is 0 Å². The summed E-state index contributed by atoms with van der Waals surface area (Å²) in [6, 6.07) is 16.1. The molecule has 0 saturated heterocycles. The zero-order valence-electron chi connectivity index (χ0n) is 15.8. The van der Waals surface area contributed by atoms with Gasteiger partial charge in [-0.25, -0.2) is 0 Å². The first-order chi connectivity index (χ1) is 12.4. The van der Waals surface area contributed by atoms with Crippen LogP contribution in [0, 0.1) is 6.92 Å². The zero-order valence-corrected chi connectivity index (χ0v) is 15.8. The number of hydrogen-bond donors (Lipinski definition) is 2. The van der Waals surface area contributed by atoms with Crippen LogP contribution in [0.15, 0.2) is 48.5 Å². The van der Waals surface area contributed by atoms with Gasteiger partial charge in [0.15, 0.2) is 0 Å². The molecule has 0 aliphatic heterocycles. The molecule has 4 nitrogen and oxygen atoms in total. The molecule has 0 bridgehead atoms. The predicted octanol–water partition coefficient (Wildman–Crippen LogP) is 4.12. The second kappa shape index (κ2) is 7.24. The monoisotopic (exact) mass is 350 g/mol. The minimum atomic E-state index is -0.613. The lowest BCUT2D eigenvalue weighted by Gasteiger charge is -2.24. The van der Waals surface area contributed by atoms with E-state index in [2.05, 4.69) is 16.4 Å². The maximum atomic E-state index is 12.9. The lowest BCUT2D eigenvalue weighted by molar-refractivity contribution is -0.125. The van der Waals surface area contributed by atoms with Crippen molar-refractivity contribution >= 4 is 16.8 Å². The van der Waals surface area contributed by atoms with E-state index >= 15 is 0 Å². The van der Waals surface area contributed by atoms with E-state index in [9.17, 15) is 4.79 Å². The summed E-state index contributed by atoms with van der Waals surface area (Å²) in [6.45, 7) is 6.59. The van der Waals surface area contributed by atoms with Gasteiger partial charge in [0.25, 0.3) is 0 Å². The molecule has 3 rings (SSSR count). The Hall–Kier alpha value is -2.75. The van der Waals surface area contributed by atoms with Crippen molar-refractivity contribution < 1.29 is 9.53 Å². The normalized spacial score (nSPS) is 11.5. The van der Waals surface area contributed by atoms with Crippen LogP contribution in [0.3, 0.4) is 0 Å². The van der Waals surface area contributed by atoms with Crippen LogP contribution in [0.2, 0.25) is 0 Å². The van der Waals surface area contributed by atoms with E-state index < -0.39 is 5.41 Å². The quantitative estimate of drug-likeness (QED) is 0.702. The van der Waals surface area contributed by atoms with Crippen molar-refractivity contribution in [3.05, 3.63) is 65.4 Å². The summed E-state index contributed by atoms with van der Waals surface area (Å²) in [7, 11) is 1.66. The highest BCUT2D eigenvalue weighted by Crippen LogP contribution is 2.33. The summed E-state index contributed by atoms with van der Waals surface area (Å²) in [6.07, 6.45) is 0.770. The third-order valence-corrected chi connectivity index (χ3v) is 4.92. The van der Waals surface area contributed by atoms with Gasteiger partial charge in [-0.3, -0.25) is 4.79 Å². The molecular formula is C22H26N2O2. The largest absolute Gasteiger partial charge is 0.497 e. The summed E-state index contributed by atoms with van der Waals surface area (Å²) < 4.78 is 5.25. The van der Waals surface area contributed by atoms with Gasteiger partial charge in [-0.05, 0) is 56.5 Å². The Morgan fingerprint density at radius 1 is 1.15 bits per heavy atom. The van der Waals surface area contributed by atoms with Gasteiger partial charge >= 0.3 is 0 Å². The fraction of sp³-hybridized carbons (Fsp3) is 0.318. The van der Waals surface area contributed by atoms with Gasteiger partial charge in [0.1, 0.15) is 5.75 Å². The van der Waals surface area contributed by atoms with Gasteiger partial charge in [0.05, 0.1) is 12.5 Å². The number of nitrogens with one attached hydrogen (secondary N) is 2. The Balaban J connectivity index is 1.72. The van der Waals surface area contributed by atoms with Gasteiger partial charge in [-0.1, -0.05) is 30.3 Å². The molecule has 0 radical (unpaired) electrons. The van der Waals surface area contributed by atoms with Gasteiger partial charge in [-0.15, -0.1) is 0 Å². The number of para-hydroxylation sites is 1. The van der Waals surface area contributed by atoms with Gasteiger partial charge < -0.3 is 15.0 Å². The van der Waals surface area contributed by atoms with Crippen LogP contribution < -0.4 is 10.1 Å². The molecule has 2 aromatic carbocycles. The number of methoxy groups -OCH3 is 1. The van der Waals surface area contributed by atoms with E-state index in [-0.39, 0.29) is 5.91 Å². The third kappa shape index (κ3) is 3.45. The molecule has 1 amide bonds. The van der Waals surface area contributed by atoms with E-state index in [0.29, 0.717) is 6.54 Å². The molecule has 0 unspecified atom stereocenters. The fourth-order valence-electron chi connectivity index (χ4n) is 3.56. The van der Waals surface area contributed by atoms with Crippen LogP contribution in [0.5, 0.6) is 5.75 Å². The van der Waals surface area contributed by atoms with Crippen molar-refractivity contribution in [2.75, 3.05) is 13.7 Å². The van der Waals surface area contributed by atoms with Gasteiger partial charge in [0, 0.05) is 23.1 Å². The predicted molar refractivity (Wildman–Crippen MR) is 106 cm³/mol. The summed E-state index contributed by atoms with van der Waals surface area (Å²) in [5.74, 6) is 0.872. The Kier molecular flexibility index (Phi) is 5.03. The molecule has 4 heteroatoms. The molecule has 0 aliphatic rings. The minimum Gasteiger partial charge on any atom is -0.497 e. The Morgan fingerprint density at radius 3 is 2.69 bits per heavy atom. The van der Waals surface area contributed by atoms with Crippen LogP contribution in [0.4, 0.5) is 0 Å². The first-order valence-electron chi connectivity index (χ1n) is 8.92. The highest BCUT2D eigenvalue weighted by Gasteiger charge is 2.33. The SMILES string of the molecule is COc1cccc(CCNC(=O)C(C)(C)c2c(C)[nH]c3ccccc23)c1. The van der Waals surface area contributed by atoms with Crippen molar-refractivity contribution in [3.8, 4) is 5.75 Å². The molecule has 0 aliphatic carbocycles. The molecule has 1 aromatic heterocycles. The highest BCUT2D eigenvalue weighted by molar-refractivity contribution is 5.95. The fourth-order valence-corrected chi connectivity index (χ4v) is 3.56. The van der Waals surface area contributed by atoms with Crippen LogP contribution in [-0.2, 0) is 16.6 Å². The van der Waals surface area contributed by atoms with Crippen LogP contribution in [-0.4, -0.2) is 24.5 Å². The second-order valence-corrected chi connectivity index (χ2v) is 7.15. The molecule has 3 aromatic rings. The van der Waals surface area contributed by atoms with Crippen LogP contribution in [0.1, 0.15) is 30.7 Å². The van der Waals surface area contributed by atoms with Crippen molar-refractivity contribution in [3.63, 3.8) is 0 Å². The van der Waals surface area contributed by atoms with E-state index in [4.69, 9.17) is 4.74 Å². The molecule has 0 fully saturated rings. The number of benzene rings is 2. The summed E-state index contributed by atoms with van der Waals surface area (Å²) in [4.78, 5) is 16.3. The van der Waals surface area contributed by atoms with E-state index in [1.807, 2.05) is 63.2 Å². The van der Waals surface area contributed by atoms with Gasteiger partial charge in [0.2, 0.25) is 5.91 Å². The maximum absolute atomic E-state index is 12.9. The number of fused-ring (bicyclic) bond motifs is 1. The van der Waals surface area contributed by atoms with E-state index in [1.165, 1.54) is 0 Å². The topological polar surface area (TPSA) is 54.1 Å². The van der Waals surface area contributed by atoms with Crippen molar-refractivity contribution in [1.82, 2.24) is 10.3 Å². The first kappa shape index (κ1) is 18.1. The lowest BCUT2D eigenvalue weighted by Crippen LogP contribution is -2.41. The molecule has 0 saturated carbocycles. The molecule has 1 heterocycles. The van der Waals surface area contributed by atoms with Crippen molar-refractivity contribution in [2.45, 2.75) is 32.6 Å². The Bertz CT molecular complexity index is 925. The molecule has 0 atom stereocenters. The minimum absolute atomic E-state index is 0.0354. The number of aromatic nitrogens is 1. The zero-order chi connectivity index (χ0) is 18.7. The van der Waals surface area contributed by atoms with Gasteiger partial charge in [-0.2, -0.15) is 0 Å². The number of hydrogen-bond acceptors (Lipinski definition) is 2. The smallest absolute Gasteiger partial charge is 0.230 e. The average Bonchev–Trinajstić information content (AvgIpc) is 2.98. The number of amides is 1. The number of aryl methyl sites for hydroxylation is 1. The lowest BCUT2D eigenvalue weighted by atomic mass is 9.81. The summed E-state index contributed by atoms with van der Waals surface area (Å²) in [5.41, 5.74) is 3.70. The van der Waals surface area contributed by atoms with Crippen molar-refractivity contribution in [2.24, 2.45) is 0 Å². The number of carbonyl (C=O) groups is 1. The number of ether oxygens (including phenoxy) is 1.